The molecule has 1 heterocycles. The average Bonchev–Trinajstić information content (AvgIpc) is 2.92. The number of hydrogen-bond acceptors (Lipinski definition) is 12. The quantitative estimate of drug-likeness (QED) is 0.0930. The zero-order valence-corrected chi connectivity index (χ0v) is 22.2. The number of aromatic nitrogens is 3. The normalized spacial score (nSPS) is 11.4. The van der Waals surface area contributed by atoms with Crippen molar-refractivity contribution in [3.05, 3.63) is 18.2 Å². The summed E-state index contributed by atoms with van der Waals surface area (Å²) < 4.78 is 64.8. The molecule has 0 saturated heterocycles. The summed E-state index contributed by atoms with van der Waals surface area (Å²) in [7, 11) is -8.72. The molecule has 144 valence electrons. The van der Waals surface area contributed by atoms with Gasteiger partial charge in [0.1, 0.15) is 10.1 Å². The first-order valence-electron chi connectivity index (χ1n) is 6.27. The van der Waals surface area contributed by atoms with Crippen molar-refractivity contribution >= 4 is 49.9 Å². The van der Waals surface area contributed by atoms with E-state index in [1.807, 2.05) is 0 Å². The summed E-state index contributed by atoms with van der Waals surface area (Å²) in [6, 6.07) is 3.29. The van der Waals surface area contributed by atoms with E-state index in [1.54, 1.807) is 6.26 Å². The van der Waals surface area contributed by atoms with E-state index in [0.29, 0.717) is 12.0 Å². The Labute approximate surface area is 213 Å². The number of rotatable bonds is 8. The van der Waals surface area contributed by atoms with Crippen molar-refractivity contribution in [2.45, 2.75) is 14.9 Å². The van der Waals surface area contributed by atoms with Crippen LogP contribution in [0.3, 0.4) is 0 Å². The zero-order valence-electron chi connectivity index (χ0n) is 15.0. The third-order valence-electron chi connectivity index (χ3n) is 2.63. The maximum Gasteiger partial charge on any atom is 1.00 e. The second-order valence-corrected chi connectivity index (χ2v) is 9.16. The molecule has 0 radical (unpaired) electrons. The molecule has 0 amide bonds. The summed E-state index contributed by atoms with van der Waals surface area (Å²) in [6.45, 7) is 0. The number of thioether (sulfide) groups is 1. The van der Waals surface area contributed by atoms with E-state index in [0.717, 1.165) is 34.8 Å². The van der Waals surface area contributed by atoms with E-state index >= 15 is 0 Å². The van der Waals surface area contributed by atoms with E-state index in [-0.39, 0.29) is 80.8 Å². The van der Waals surface area contributed by atoms with Crippen molar-refractivity contribution in [3.8, 4) is 5.69 Å². The first-order valence-corrected chi connectivity index (χ1v) is 11.5. The SMILES string of the molecule is CSc1nc(NS(C)(=O)=O)n(-c2cc(SOO[O-])ccc2S(=O)(=O)[O-])n1.[Na+].[Na+]. The van der Waals surface area contributed by atoms with E-state index < -0.39 is 25.0 Å². The predicted octanol–water partition coefficient (Wildman–Crippen LogP) is -6.50. The summed E-state index contributed by atoms with van der Waals surface area (Å²) >= 11 is 1.50. The molecule has 0 aliphatic rings. The fraction of sp³-hybridized carbons (Fsp3) is 0.200. The van der Waals surface area contributed by atoms with Gasteiger partial charge in [0.05, 0.1) is 28.9 Å². The monoisotopic (exact) mass is 488 g/mol. The summed E-state index contributed by atoms with van der Waals surface area (Å²) in [5.74, 6) is -0.329. The Morgan fingerprint density at radius 1 is 1.21 bits per heavy atom. The van der Waals surface area contributed by atoms with Crippen LogP contribution in [0.5, 0.6) is 0 Å². The Morgan fingerprint density at radius 3 is 2.36 bits per heavy atom. The minimum atomic E-state index is -4.94. The average molecular weight is 488 g/mol. The minimum absolute atomic E-state index is 0. The van der Waals surface area contributed by atoms with Crippen LogP contribution in [-0.4, -0.2) is 48.7 Å². The van der Waals surface area contributed by atoms with E-state index in [1.165, 1.54) is 6.07 Å². The van der Waals surface area contributed by atoms with Gasteiger partial charge in [-0.05, 0) is 24.5 Å². The van der Waals surface area contributed by atoms with Crippen LogP contribution in [0, 0.1) is 0 Å². The van der Waals surface area contributed by atoms with E-state index in [2.05, 4.69) is 24.2 Å². The molecule has 0 aliphatic heterocycles. The number of nitrogens with one attached hydrogen (secondary N) is 1. The molecular formula is C10H10N4Na2O8S4. The smallest absolute Gasteiger partial charge is 0.744 e. The van der Waals surface area contributed by atoms with Gasteiger partial charge >= 0.3 is 59.1 Å². The van der Waals surface area contributed by atoms with Crippen LogP contribution in [-0.2, 0) is 29.5 Å². The molecule has 0 spiro atoms. The molecule has 12 nitrogen and oxygen atoms in total. The molecule has 1 N–H and O–H groups in total. The molecule has 0 fully saturated rings. The van der Waals surface area contributed by atoms with Crippen molar-refractivity contribution in [3.63, 3.8) is 0 Å². The van der Waals surface area contributed by atoms with Gasteiger partial charge in [-0.15, -0.1) is 5.10 Å². The second kappa shape index (κ2) is 11.8. The van der Waals surface area contributed by atoms with Gasteiger partial charge in [-0.3, -0.25) is 9.76 Å². The van der Waals surface area contributed by atoms with E-state index in [4.69, 9.17) is 0 Å². The summed E-state index contributed by atoms with van der Waals surface area (Å²) in [5.41, 5.74) is -0.293. The third-order valence-corrected chi connectivity index (χ3v) is 5.18. The van der Waals surface area contributed by atoms with Crippen molar-refractivity contribution in [1.82, 2.24) is 14.8 Å². The molecule has 1 aromatic carbocycles. The van der Waals surface area contributed by atoms with Crippen molar-refractivity contribution in [1.29, 1.82) is 0 Å². The molecule has 0 aliphatic carbocycles. The third kappa shape index (κ3) is 8.03. The minimum Gasteiger partial charge on any atom is -0.744 e. The largest absolute Gasteiger partial charge is 1.00 e. The molecular weight excluding hydrogens is 478 g/mol. The van der Waals surface area contributed by atoms with Crippen LogP contribution >= 0.6 is 23.8 Å². The molecule has 28 heavy (non-hydrogen) atoms. The van der Waals surface area contributed by atoms with Crippen molar-refractivity contribution in [2.24, 2.45) is 0 Å². The zero-order chi connectivity index (χ0) is 19.5. The van der Waals surface area contributed by atoms with Gasteiger partial charge in [0.2, 0.25) is 21.1 Å². The summed E-state index contributed by atoms with van der Waals surface area (Å²) in [5, 5.41) is 17.2. The number of benzene rings is 1. The molecule has 18 heteroatoms. The van der Waals surface area contributed by atoms with Gasteiger partial charge in [-0.1, -0.05) is 11.8 Å². The molecule has 0 saturated carbocycles. The number of anilines is 1. The Bertz CT molecular complexity index is 1010. The summed E-state index contributed by atoms with van der Waals surface area (Å²) in [4.78, 5) is 3.41. The van der Waals surface area contributed by atoms with E-state index in [9.17, 15) is 26.6 Å². The van der Waals surface area contributed by atoms with Crippen LogP contribution in [0.2, 0.25) is 0 Å². The molecule has 1 aromatic heterocycles. The molecule has 2 aromatic rings. The topological polar surface area (TPSA) is 176 Å². The Balaban J connectivity index is 0.00000364. The van der Waals surface area contributed by atoms with Crippen LogP contribution in [0.1, 0.15) is 0 Å². The number of sulfonamides is 1. The Hall–Kier alpha value is 0.600. The fourth-order valence-corrected chi connectivity index (χ4v) is 3.59. The first kappa shape index (κ1) is 28.6. The Morgan fingerprint density at radius 2 is 1.86 bits per heavy atom. The van der Waals surface area contributed by atoms with Crippen LogP contribution in [0.15, 0.2) is 33.1 Å². The molecule has 0 unspecified atom stereocenters. The van der Waals surface area contributed by atoms with Gasteiger partial charge in [0.25, 0.3) is 0 Å². The van der Waals surface area contributed by atoms with Gasteiger partial charge < -0.3 is 9.81 Å². The van der Waals surface area contributed by atoms with Gasteiger partial charge in [0.15, 0.2) is 0 Å². The first-order chi connectivity index (χ1) is 12.0. The predicted molar refractivity (Wildman–Crippen MR) is 87.6 cm³/mol. The van der Waals surface area contributed by atoms with Crippen LogP contribution < -0.4 is 69.1 Å². The molecule has 2 rings (SSSR count). The van der Waals surface area contributed by atoms with Crippen LogP contribution in [0.25, 0.3) is 5.69 Å². The standard InChI is InChI=1S/C10H12N4O8S4.2Na/c1-23-10-11-9(13-25(2,16)17)14(12-10)7-5-6(24-22-21-15)3-4-8(7)26(18,19)20;;/h3-5,15H,1-2H3,(H,11,12,13)(H,18,19,20);;/q;2*+1/p-2. The van der Waals surface area contributed by atoms with Crippen molar-refractivity contribution < 1.29 is 95.1 Å². The van der Waals surface area contributed by atoms with Gasteiger partial charge in [-0.2, -0.15) is 14.0 Å². The molecule has 0 bridgehead atoms. The maximum atomic E-state index is 11.6. The van der Waals surface area contributed by atoms with Gasteiger partial charge in [-0.25, -0.2) is 16.8 Å². The Kier molecular flexibility index (Phi) is 12.1. The second-order valence-electron chi connectivity index (χ2n) is 4.51. The molecule has 0 atom stereocenters. The van der Waals surface area contributed by atoms with Crippen molar-refractivity contribution in [2.75, 3.05) is 17.2 Å². The van der Waals surface area contributed by atoms with Crippen LogP contribution in [0.4, 0.5) is 5.95 Å². The van der Waals surface area contributed by atoms with Gasteiger partial charge in [0, 0.05) is 4.90 Å². The maximum absolute atomic E-state index is 11.6. The summed E-state index contributed by atoms with van der Waals surface area (Å²) in [6.07, 6.45) is 2.47. The number of hydrogen-bond donors (Lipinski definition) is 1. The fourth-order valence-electron chi connectivity index (χ4n) is 1.76. The number of nitrogens with zero attached hydrogens (tertiary/aromatic N) is 3.